The van der Waals surface area contributed by atoms with Crippen molar-refractivity contribution < 1.29 is 9.84 Å². The van der Waals surface area contributed by atoms with Gasteiger partial charge in [0, 0.05) is 17.1 Å². The Balaban J connectivity index is 2.02. The first kappa shape index (κ1) is 11.7. The van der Waals surface area contributed by atoms with Gasteiger partial charge in [-0.2, -0.15) is 0 Å². The Morgan fingerprint density at radius 1 is 1.47 bits per heavy atom. The van der Waals surface area contributed by atoms with Crippen LogP contribution in [0.1, 0.15) is 10.7 Å². The smallest absolute Gasteiger partial charge is 0.160 e. The van der Waals surface area contributed by atoms with Gasteiger partial charge in [0.05, 0.1) is 24.4 Å². The fraction of sp³-hybridized carbons (Fsp3) is 0.250. The number of anilines is 1. The summed E-state index contributed by atoms with van der Waals surface area (Å²) >= 11 is 1.63. The highest BCUT2D eigenvalue weighted by molar-refractivity contribution is 7.09. The molecule has 0 saturated carbocycles. The Labute approximate surface area is 104 Å². The molecule has 1 aromatic heterocycles. The molecular formula is C12H14N2O2S. The van der Waals surface area contributed by atoms with E-state index < -0.39 is 0 Å². The second-order valence-corrected chi connectivity index (χ2v) is 4.66. The zero-order valence-electron chi connectivity index (χ0n) is 9.73. The van der Waals surface area contributed by atoms with E-state index in [2.05, 4.69) is 10.3 Å². The fourth-order valence-corrected chi connectivity index (χ4v) is 2.09. The predicted octanol–water partition coefficient (Wildman–Crippen LogP) is 2.78. The molecule has 0 fully saturated rings. The number of phenols is 1. The van der Waals surface area contributed by atoms with Gasteiger partial charge in [0.2, 0.25) is 0 Å². The minimum Gasteiger partial charge on any atom is -0.504 e. The van der Waals surface area contributed by atoms with E-state index in [1.54, 1.807) is 23.5 Å². The number of nitrogens with one attached hydrogen (secondary N) is 1. The summed E-state index contributed by atoms with van der Waals surface area (Å²) < 4.78 is 4.98. The van der Waals surface area contributed by atoms with E-state index >= 15 is 0 Å². The second kappa shape index (κ2) is 5.05. The number of phenolic OH excluding ortho intramolecular Hbond substituents is 1. The Hall–Kier alpha value is -1.75. The molecule has 0 unspecified atom stereocenters. The van der Waals surface area contributed by atoms with Gasteiger partial charge in [0.25, 0.3) is 0 Å². The van der Waals surface area contributed by atoms with Crippen molar-refractivity contribution >= 4 is 17.0 Å². The zero-order valence-corrected chi connectivity index (χ0v) is 10.5. The van der Waals surface area contributed by atoms with Crippen molar-refractivity contribution in [2.45, 2.75) is 13.5 Å². The zero-order chi connectivity index (χ0) is 12.3. The number of aromatic nitrogens is 1. The van der Waals surface area contributed by atoms with Crippen LogP contribution in [-0.4, -0.2) is 17.2 Å². The summed E-state index contributed by atoms with van der Waals surface area (Å²) in [6, 6.07) is 5.22. The molecule has 0 aliphatic heterocycles. The number of benzene rings is 1. The minimum atomic E-state index is 0.131. The topological polar surface area (TPSA) is 54.4 Å². The second-order valence-electron chi connectivity index (χ2n) is 3.60. The van der Waals surface area contributed by atoms with Crippen LogP contribution in [0.15, 0.2) is 23.6 Å². The van der Waals surface area contributed by atoms with E-state index in [0.29, 0.717) is 12.3 Å². The van der Waals surface area contributed by atoms with Crippen LogP contribution in [-0.2, 0) is 6.54 Å². The molecule has 90 valence electrons. The van der Waals surface area contributed by atoms with Crippen molar-refractivity contribution in [1.82, 2.24) is 4.98 Å². The Bertz CT molecular complexity index is 511. The maximum absolute atomic E-state index is 9.61. The lowest BCUT2D eigenvalue weighted by molar-refractivity contribution is 0.373. The number of aromatic hydroxyl groups is 1. The van der Waals surface area contributed by atoms with Gasteiger partial charge in [-0.05, 0) is 19.1 Å². The van der Waals surface area contributed by atoms with Gasteiger partial charge in [-0.3, -0.25) is 0 Å². The monoisotopic (exact) mass is 250 g/mol. The first-order valence-electron chi connectivity index (χ1n) is 5.21. The molecule has 0 amide bonds. The minimum absolute atomic E-state index is 0.131. The van der Waals surface area contributed by atoms with Crippen LogP contribution < -0.4 is 10.1 Å². The lowest BCUT2D eigenvalue weighted by Gasteiger charge is -2.07. The van der Waals surface area contributed by atoms with E-state index in [4.69, 9.17) is 4.74 Å². The summed E-state index contributed by atoms with van der Waals surface area (Å²) in [4.78, 5) is 4.35. The van der Waals surface area contributed by atoms with E-state index in [1.165, 1.54) is 7.11 Å². The number of aryl methyl sites for hydroxylation is 1. The van der Waals surface area contributed by atoms with Crippen molar-refractivity contribution in [3.63, 3.8) is 0 Å². The molecule has 0 spiro atoms. The maximum atomic E-state index is 9.61. The Morgan fingerprint density at radius 2 is 2.29 bits per heavy atom. The van der Waals surface area contributed by atoms with Crippen LogP contribution in [0.4, 0.5) is 5.69 Å². The molecule has 0 atom stereocenters. The van der Waals surface area contributed by atoms with Crippen LogP contribution in [0.3, 0.4) is 0 Å². The first-order valence-corrected chi connectivity index (χ1v) is 6.09. The van der Waals surface area contributed by atoms with Crippen LogP contribution in [0.25, 0.3) is 0 Å². The van der Waals surface area contributed by atoms with Gasteiger partial charge < -0.3 is 15.2 Å². The molecule has 2 rings (SSSR count). The summed E-state index contributed by atoms with van der Waals surface area (Å²) in [7, 11) is 1.53. The fourth-order valence-electron chi connectivity index (χ4n) is 1.48. The average molecular weight is 250 g/mol. The van der Waals surface area contributed by atoms with Crippen molar-refractivity contribution in [3.8, 4) is 11.5 Å². The highest BCUT2D eigenvalue weighted by Gasteiger charge is 2.03. The number of thiazole rings is 1. The molecule has 0 aliphatic rings. The van der Waals surface area contributed by atoms with Gasteiger partial charge in [0.15, 0.2) is 11.5 Å². The molecule has 0 saturated heterocycles. The number of nitrogens with zero attached hydrogens (tertiary/aromatic N) is 1. The van der Waals surface area contributed by atoms with Gasteiger partial charge in [0.1, 0.15) is 0 Å². The van der Waals surface area contributed by atoms with Gasteiger partial charge >= 0.3 is 0 Å². The maximum Gasteiger partial charge on any atom is 0.160 e. The number of methoxy groups -OCH3 is 1. The molecule has 17 heavy (non-hydrogen) atoms. The molecule has 2 aromatic rings. The number of ether oxygens (including phenoxy) is 1. The summed E-state index contributed by atoms with van der Waals surface area (Å²) in [5.41, 5.74) is 1.84. The highest BCUT2D eigenvalue weighted by Crippen LogP contribution is 2.28. The third-order valence-corrected chi connectivity index (χ3v) is 3.14. The number of hydrogen-bond donors (Lipinski definition) is 2. The van der Waals surface area contributed by atoms with Crippen molar-refractivity contribution in [2.75, 3.05) is 12.4 Å². The van der Waals surface area contributed by atoms with Crippen LogP contribution in [0.2, 0.25) is 0 Å². The molecule has 4 nitrogen and oxygen atoms in total. The molecule has 1 heterocycles. The highest BCUT2D eigenvalue weighted by atomic mass is 32.1. The van der Waals surface area contributed by atoms with Crippen molar-refractivity contribution in [3.05, 3.63) is 34.3 Å². The first-order chi connectivity index (χ1) is 8.19. The predicted molar refractivity (Wildman–Crippen MR) is 68.8 cm³/mol. The molecule has 1 aromatic carbocycles. The molecule has 5 heteroatoms. The number of hydrogen-bond acceptors (Lipinski definition) is 5. The molecule has 0 aliphatic carbocycles. The van der Waals surface area contributed by atoms with E-state index in [9.17, 15) is 5.11 Å². The quantitative estimate of drug-likeness (QED) is 0.876. The van der Waals surface area contributed by atoms with E-state index in [1.807, 2.05) is 18.4 Å². The average Bonchev–Trinajstić information content (AvgIpc) is 2.73. The van der Waals surface area contributed by atoms with Gasteiger partial charge in [-0.15, -0.1) is 11.3 Å². The van der Waals surface area contributed by atoms with Gasteiger partial charge in [-0.25, -0.2) is 4.98 Å². The normalized spacial score (nSPS) is 10.2. The summed E-state index contributed by atoms with van der Waals surface area (Å²) in [6.45, 7) is 2.63. The molecular weight excluding hydrogens is 236 g/mol. The lowest BCUT2D eigenvalue weighted by atomic mass is 10.2. The molecule has 0 radical (unpaired) electrons. The summed E-state index contributed by atoms with van der Waals surface area (Å²) in [5, 5.41) is 15.9. The van der Waals surface area contributed by atoms with Crippen LogP contribution >= 0.6 is 11.3 Å². The number of rotatable bonds is 4. The largest absolute Gasteiger partial charge is 0.504 e. The Kier molecular flexibility index (Phi) is 3.49. The van der Waals surface area contributed by atoms with Crippen molar-refractivity contribution in [2.24, 2.45) is 0 Å². The lowest BCUT2D eigenvalue weighted by Crippen LogP contribution is -1.99. The van der Waals surface area contributed by atoms with Crippen LogP contribution in [0.5, 0.6) is 11.5 Å². The van der Waals surface area contributed by atoms with Gasteiger partial charge in [-0.1, -0.05) is 0 Å². The Morgan fingerprint density at radius 3 is 2.88 bits per heavy atom. The summed E-state index contributed by atoms with van der Waals surface area (Å²) in [5.74, 6) is 0.604. The van der Waals surface area contributed by atoms with E-state index in [0.717, 1.165) is 16.4 Å². The van der Waals surface area contributed by atoms with Crippen molar-refractivity contribution in [1.29, 1.82) is 0 Å². The standard InChI is InChI=1S/C12H14N2O2S/c1-8-14-10(7-17-8)6-13-9-3-4-12(16-2)11(15)5-9/h3-5,7,13,15H,6H2,1-2H3. The SMILES string of the molecule is COc1ccc(NCc2csc(C)n2)cc1O. The molecule has 0 bridgehead atoms. The summed E-state index contributed by atoms with van der Waals surface area (Å²) in [6.07, 6.45) is 0. The van der Waals surface area contributed by atoms with E-state index in [-0.39, 0.29) is 5.75 Å². The molecule has 2 N–H and O–H groups in total. The van der Waals surface area contributed by atoms with Crippen LogP contribution in [0, 0.1) is 6.92 Å². The third kappa shape index (κ3) is 2.88. The third-order valence-electron chi connectivity index (χ3n) is 2.32.